The van der Waals surface area contributed by atoms with Crippen LogP contribution in [0.1, 0.15) is 37.3 Å². The fourth-order valence-corrected chi connectivity index (χ4v) is 3.48. The Morgan fingerprint density at radius 2 is 2.23 bits per heavy atom. The Morgan fingerprint density at radius 1 is 1.45 bits per heavy atom. The van der Waals surface area contributed by atoms with E-state index in [1.807, 2.05) is 13.2 Å². The molecule has 1 aliphatic heterocycles. The fourth-order valence-electron chi connectivity index (χ4n) is 2.62. The van der Waals surface area contributed by atoms with E-state index in [9.17, 15) is 18.0 Å². The molecule has 1 atom stereocenters. The summed E-state index contributed by atoms with van der Waals surface area (Å²) in [6.45, 7) is 0.665. The Kier molecular flexibility index (Phi) is 5.77. The average molecular weight is 335 g/mol. The largest absolute Gasteiger partial charge is 0.389 e. The van der Waals surface area contributed by atoms with Crippen LogP contribution in [0.15, 0.2) is 12.4 Å². The summed E-state index contributed by atoms with van der Waals surface area (Å²) in [6, 6.07) is -0.00170. The molecule has 1 aromatic heterocycles. The molecule has 0 saturated carbocycles. The molecule has 2 heterocycles. The monoisotopic (exact) mass is 335 g/mol. The van der Waals surface area contributed by atoms with Crippen molar-refractivity contribution in [3.8, 4) is 0 Å². The number of alkyl halides is 3. The minimum absolute atomic E-state index is 0.00170. The summed E-state index contributed by atoms with van der Waals surface area (Å²) in [5.74, 6) is -0.0475. The number of carbonyl (C=O) groups is 1. The molecule has 124 valence electrons. The molecule has 1 amide bonds. The Morgan fingerprint density at radius 3 is 2.86 bits per heavy atom. The van der Waals surface area contributed by atoms with E-state index in [1.54, 1.807) is 15.8 Å². The van der Waals surface area contributed by atoms with E-state index >= 15 is 0 Å². The van der Waals surface area contributed by atoms with Crippen LogP contribution in [-0.2, 0) is 11.8 Å². The first kappa shape index (κ1) is 17.2. The van der Waals surface area contributed by atoms with Crippen molar-refractivity contribution in [1.82, 2.24) is 14.7 Å². The van der Waals surface area contributed by atoms with Crippen molar-refractivity contribution >= 4 is 17.7 Å². The standard InChI is InChI=1S/C14H20F3N3OS/c1-19-9-11(8-18-19)12-4-2-3-6-20(12)13(21)10-22-7-5-14(15,16)17/h8-9,12H,2-7,10H2,1H3. The van der Waals surface area contributed by atoms with Gasteiger partial charge in [0.15, 0.2) is 0 Å². The smallest absolute Gasteiger partial charge is 0.335 e. The molecule has 0 aromatic carbocycles. The Bertz CT molecular complexity index is 504. The first-order chi connectivity index (χ1) is 10.4. The number of amides is 1. The molecule has 0 bridgehead atoms. The first-order valence-corrected chi connectivity index (χ1v) is 8.45. The lowest BCUT2D eigenvalue weighted by atomic mass is 9.97. The number of aromatic nitrogens is 2. The van der Waals surface area contributed by atoms with Crippen LogP contribution in [0.4, 0.5) is 13.2 Å². The van der Waals surface area contributed by atoms with Crippen molar-refractivity contribution < 1.29 is 18.0 Å². The molecule has 1 aromatic rings. The van der Waals surface area contributed by atoms with Gasteiger partial charge in [-0.3, -0.25) is 9.48 Å². The van der Waals surface area contributed by atoms with E-state index in [1.165, 1.54) is 0 Å². The van der Waals surface area contributed by atoms with E-state index < -0.39 is 12.6 Å². The zero-order chi connectivity index (χ0) is 16.2. The SMILES string of the molecule is Cn1cc(C2CCCCN2C(=O)CSCCC(F)(F)F)cn1. The van der Waals surface area contributed by atoms with Crippen LogP contribution in [0.25, 0.3) is 0 Å². The number of hydrogen-bond donors (Lipinski definition) is 0. The highest BCUT2D eigenvalue weighted by Crippen LogP contribution is 2.31. The minimum Gasteiger partial charge on any atom is -0.335 e. The summed E-state index contributed by atoms with van der Waals surface area (Å²) in [4.78, 5) is 14.1. The normalized spacial score (nSPS) is 19.5. The highest BCUT2D eigenvalue weighted by molar-refractivity contribution is 7.99. The van der Waals surface area contributed by atoms with E-state index in [4.69, 9.17) is 0 Å². The molecule has 4 nitrogen and oxygen atoms in total. The van der Waals surface area contributed by atoms with Gasteiger partial charge in [0.2, 0.25) is 5.91 Å². The number of halogens is 3. The van der Waals surface area contributed by atoms with Crippen molar-refractivity contribution in [1.29, 1.82) is 0 Å². The zero-order valence-electron chi connectivity index (χ0n) is 12.5. The Balaban J connectivity index is 1.89. The molecule has 22 heavy (non-hydrogen) atoms. The molecule has 0 radical (unpaired) electrons. The lowest BCUT2D eigenvalue weighted by Crippen LogP contribution is -2.39. The van der Waals surface area contributed by atoms with Crippen molar-refractivity contribution in [2.24, 2.45) is 7.05 Å². The summed E-state index contributed by atoms with van der Waals surface area (Å²) in [5.41, 5.74) is 0.996. The maximum Gasteiger partial charge on any atom is 0.389 e. The second-order valence-electron chi connectivity index (χ2n) is 5.46. The van der Waals surface area contributed by atoms with Gasteiger partial charge in [0.05, 0.1) is 24.4 Å². The van der Waals surface area contributed by atoms with E-state index in [0.29, 0.717) is 6.54 Å². The summed E-state index contributed by atoms with van der Waals surface area (Å²) >= 11 is 1.05. The molecular formula is C14H20F3N3OS. The molecule has 2 rings (SSSR count). The summed E-state index contributed by atoms with van der Waals surface area (Å²) < 4.78 is 38.0. The highest BCUT2D eigenvalue weighted by atomic mass is 32.2. The van der Waals surface area contributed by atoms with Gasteiger partial charge in [-0.2, -0.15) is 30.0 Å². The van der Waals surface area contributed by atoms with Crippen LogP contribution in [0.3, 0.4) is 0 Å². The van der Waals surface area contributed by atoms with Gasteiger partial charge in [0.25, 0.3) is 0 Å². The van der Waals surface area contributed by atoms with Gasteiger partial charge in [-0.1, -0.05) is 0 Å². The first-order valence-electron chi connectivity index (χ1n) is 7.29. The number of likely N-dealkylation sites (tertiary alicyclic amines) is 1. The summed E-state index contributed by atoms with van der Waals surface area (Å²) in [5, 5.41) is 4.14. The van der Waals surface area contributed by atoms with Gasteiger partial charge >= 0.3 is 6.18 Å². The van der Waals surface area contributed by atoms with Crippen molar-refractivity contribution in [2.45, 2.75) is 37.9 Å². The number of thioether (sulfide) groups is 1. The second kappa shape index (κ2) is 7.39. The fraction of sp³-hybridized carbons (Fsp3) is 0.714. The maximum absolute atomic E-state index is 12.3. The zero-order valence-corrected chi connectivity index (χ0v) is 13.3. The number of hydrogen-bond acceptors (Lipinski definition) is 3. The van der Waals surface area contributed by atoms with Crippen molar-refractivity contribution in [3.63, 3.8) is 0 Å². The quantitative estimate of drug-likeness (QED) is 0.776. The lowest BCUT2D eigenvalue weighted by Gasteiger charge is -2.35. The van der Waals surface area contributed by atoms with E-state index in [0.717, 1.165) is 36.6 Å². The molecule has 0 N–H and O–H groups in total. The van der Waals surface area contributed by atoms with Crippen molar-refractivity contribution in [2.75, 3.05) is 18.1 Å². The Hall–Kier alpha value is -1.18. The molecule has 1 aliphatic rings. The third-order valence-electron chi connectivity index (χ3n) is 3.69. The van der Waals surface area contributed by atoms with Crippen LogP contribution in [-0.4, -0.2) is 44.8 Å². The maximum atomic E-state index is 12.3. The molecule has 1 fully saturated rings. The molecule has 1 unspecified atom stereocenters. The van der Waals surface area contributed by atoms with Gasteiger partial charge in [-0.25, -0.2) is 0 Å². The third-order valence-corrected chi connectivity index (χ3v) is 4.63. The average Bonchev–Trinajstić information content (AvgIpc) is 2.89. The van der Waals surface area contributed by atoms with Crippen LogP contribution in [0.5, 0.6) is 0 Å². The molecule has 8 heteroatoms. The van der Waals surface area contributed by atoms with Gasteiger partial charge in [-0.15, -0.1) is 0 Å². The third kappa shape index (κ3) is 4.93. The minimum atomic E-state index is -4.15. The highest BCUT2D eigenvalue weighted by Gasteiger charge is 2.29. The number of carbonyl (C=O) groups excluding carboxylic acids is 1. The number of piperidine rings is 1. The molecule has 1 saturated heterocycles. The Labute approximate surface area is 132 Å². The molecular weight excluding hydrogens is 315 g/mol. The topological polar surface area (TPSA) is 38.1 Å². The number of nitrogens with zero attached hydrogens (tertiary/aromatic N) is 3. The van der Waals surface area contributed by atoms with Gasteiger partial charge < -0.3 is 4.90 Å². The second-order valence-corrected chi connectivity index (χ2v) is 6.57. The van der Waals surface area contributed by atoms with Crippen LogP contribution >= 0.6 is 11.8 Å². The number of rotatable bonds is 5. The number of aryl methyl sites for hydroxylation is 1. The van der Waals surface area contributed by atoms with Crippen LogP contribution < -0.4 is 0 Å². The summed E-state index contributed by atoms with van der Waals surface area (Å²) in [7, 11) is 1.82. The van der Waals surface area contributed by atoms with Crippen molar-refractivity contribution in [3.05, 3.63) is 18.0 Å². The molecule has 0 spiro atoms. The summed E-state index contributed by atoms with van der Waals surface area (Å²) in [6.07, 6.45) is 1.52. The van der Waals surface area contributed by atoms with E-state index in [-0.39, 0.29) is 23.5 Å². The van der Waals surface area contributed by atoms with Crippen LogP contribution in [0, 0.1) is 0 Å². The predicted molar refractivity (Wildman–Crippen MR) is 79.5 cm³/mol. The lowest BCUT2D eigenvalue weighted by molar-refractivity contribution is -0.132. The van der Waals surface area contributed by atoms with Crippen LogP contribution in [0.2, 0.25) is 0 Å². The van der Waals surface area contributed by atoms with Gasteiger partial charge in [0.1, 0.15) is 0 Å². The van der Waals surface area contributed by atoms with Gasteiger partial charge in [-0.05, 0) is 19.3 Å². The molecule has 0 aliphatic carbocycles. The van der Waals surface area contributed by atoms with Gasteiger partial charge in [0, 0.05) is 31.1 Å². The predicted octanol–water partition coefficient (Wildman–Crippen LogP) is 3.16. The van der Waals surface area contributed by atoms with E-state index in [2.05, 4.69) is 5.10 Å².